The first kappa shape index (κ1) is 21.6. The van der Waals surface area contributed by atoms with Crippen LogP contribution in [0.15, 0.2) is 30.5 Å². The number of anilines is 1. The number of rotatable bonds is 5. The quantitative estimate of drug-likeness (QED) is 0.212. The fourth-order valence-electron chi connectivity index (χ4n) is 2.83. The van der Waals surface area contributed by atoms with Crippen LogP contribution in [-0.4, -0.2) is 40.4 Å². The fraction of sp³-hybridized carbons (Fsp3) is 0.350. The lowest BCUT2D eigenvalue weighted by Crippen LogP contribution is -2.39. The first-order chi connectivity index (χ1) is 13.7. The van der Waals surface area contributed by atoms with E-state index in [1.807, 2.05) is 45.0 Å². The molecule has 0 radical (unpaired) electrons. The number of halogens is 1. The number of carbonyl (C=O) groups excluding carboxylic acids is 2. The van der Waals surface area contributed by atoms with E-state index in [9.17, 15) is 9.59 Å². The summed E-state index contributed by atoms with van der Waals surface area (Å²) in [6.07, 6.45) is 1.25. The van der Waals surface area contributed by atoms with Crippen LogP contribution >= 0.6 is 33.9 Å². The molecule has 0 saturated heterocycles. The van der Waals surface area contributed by atoms with Gasteiger partial charge < -0.3 is 20.1 Å². The number of methoxy groups -OCH3 is 1. The van der Waals surface area contributed by atoms with Crippen LogP contribution in [0.25, 0.3) is 21.0 Å². The molecule has 0 aliphatic rings. The number of carbonyl (C=O) groups is 2. The van der Waals surface area contributed by atoms with Gasteiger partial charge in [0.05, 0.1) is 18.3 Å². The summed E-state index contributed by atoms with van der Waals surface area (Å²) in [5.74, 6) is -0.407. The number of amides is 1. The normalized spacial score (nSPS) is 12.6. The Bertz CT molecular complexity index is 1060. The monoisotopic (exact) mass is 527 g/mol. The number of nitrogens with zero attached hydrogens (tertiary/aromatic N) is 1. The molecule has 1 atom stereocenters. The summed E-state index contributed by atoms with van der Waals surface area (Å²) in [5.41, 5.74) is 0.958. The number of benzene rings is 1. The Labute approximate surface area is 186 Å². The van der Waals surface area contributed by atoms with Crippen molar-refractivity contribution in [3.05, 3.63) is 35.3 Å². The number of fused-ring (bicyclic) bond motifs is 3. The smallest absolute Gasteiger partial charge is 0.408 e. The van der Waals surface area contributed by atoms with Crippen LogP contribution in [-0.2, 0) is 9.47 Å². The lowest BCUT2D eigenvalue weighted by atomic mass is 10.1. The van der Waals surface area contributed by atoms with Crippen molar-refractivity contribution in [1.29, 1.82) is 0 Å². The molecule has 154 valence electrons. The predicted octanol–water partition coefficient (Wildman–Crippen LogP) is 4.93. The Morgan fingerprint density at radius 3 is 2.72 bits per heavy atom. The highest BCUT2D eigenvalue weighted by molar-refractivity contribution is 14.1. The molecule has 7 nitrogen and oxygen atoms in total. The van der Waals surface area contributed by atoms with Crippen LogP contribution in [0.4, 0.5) is 10.5 Å². The van der Waals surface area contributed by atoms with E-state index in [-0.39, 0.29) is 4.05 Å². The van der Waals surface area contributed by atoms with Gasteiger partial charge in [-0.3, -0.25) is 4.98 Å². The molecule has 0 unspecified atom stereocenters. The van der Waals surface area contributed by atoms with E-state index in [0.29, 0.717) is 17.1 Å². The number of alkyl carbamates (subject to hydrolysis) is 1. The van der Waals surface area contributed by atoms with Gasteiger partial charge in [-0.2, -0.15) is 0 Å². The van der Waals surface area contributed by atoms with Crippen molar-refractivity contribution in [3.63, 3.8) is 0 Å². The van der Waals surface area contributed by atoms with Gasteiger partial charge in [-0.25, -0.2) is 9.59 Å². The van der Waals surface area contributed by atoms with Crippen LogP contribution in [0.1, 0.15) is 30.4 Å². The van der Waals surface area contributed by atoms with E-state index in [1.165, 1.54) is 18.4 Å². The highest BCUT2D eigenvalue weighted by Gasteiger charge is 2.23. The molecular formula is C20H22IN3O4S. The average molecular weight is 527 g/mol. The second-order valence-corrected chi connectivity index (χ2v) is 9.86. The number of esters is 1. The molecule has 1 aromatic carbocycles. The van der Waals surface area contributed by atoms with Gasteiger partial charge in [0.25, 0.3) is 0 Å². The lowest BCUT2D eigenvalue weighted by Gasteiger charge is -2.21. The standard InChI is InChI=1S/C20H22IN3O4S/c1-20(2,3)28-19(26)24-14(21)10-23-16-15-11-6-5-9-22-12(11)7-8-13(15)29-17(16)18(25)27-4/h5-9,14,23H,10H2,1-4H3,(H,24,26)/t14-/m0/s1. The Morgan fingerprint density at radius 1 is 1.28 bits per heavy atom. The molecule has 2 aromatic heterocycles. The number of aromatic nitrogens is 1. The minimum Gasteiger partial charge on any atom is -0.465 e. The van der Waals surface area contributed by atoms with Crippen LogP contribution in [0, 0.1) is 0 Å². The molecule has 29 heavy (non-hydrogen) atoms. The zero-order valence-corrected chi connectivity index (χ0v) is 19.5. The van der Waals surface area contributed by atoms with Gasteiger partial charge in [-0.05, 0) is 39.0 Å². The van der Waals surface area contributed by atoms with Crippen LogP contribution in [0.2, 0.25) is 0 Å². The number of ether oxygens (including phenoxy) is 2. The van der Waals surface area contributed by atoms with Gasteiger partial charge in [0.15, 0.2) is 0 Å². The average Bonchev–Trinajstić information content (AvgIpc) is 3.03. The van der Waals surface area contributed by atoms with Crippen molar-refractivity contribution < 1.29 is 19.1 Å². The topological polar surface area (TPSA) is 89.5 Å². The van der Waals surface area contributed by atoms with E-state index < -0.39 is 17.7 Å². The minimum absolute atomic E-state index is 0.254. The zero-order chi connectivity index (χ0) is 21.2. The summed E-state index contributed by atoms with van der Waals surface area (Å²) in [6.45, 7) is 5.83. The molecule has 1 amide bonds. The Balaban J connectivity index is 1.90. The molecule has 2 heterocycles. The van der Waals surface area contributed by atoms with E-state index in [4.69, 9.17) is 9.47 Å². The highest BCUT2D eigenvalue weighted by atomic mass is 127. The van der Waals surface area contributed by atoms with Gasteiger partial charge >= 0.3 is 12.1 Å². The summed E-state index contributed by atoms with van der Waals surface area (Å²) in [6, 6.07) is 7.73. The van der Waals surface area contributed by atoms with Crippen LogP contribution in [0.5, 0.6) is 0 Å². The minimum atomic E-state index is -0.568. The predicted molar refractivity (Wildman–Crippen MR) is 124 cm³/mol. The highest BCUT2D eigenvalue weighted by Crippen LogP contribution is 2.40. The number of nitrogens with one attached hydrogen (secondary N) is 2. The Kier molecular flexibility index (Phi) is 6.47. The molecule has 0 aliphatic heterocycles. The lowest BCUT2D eigenvalue weighted by molar-refractivity contribution is 0.0525. The molecule has 0 saturated carbocycles. The maximum atomic E-state index is 12.4. The van der Waals surface area contributed by atoms with Crippen molar-refractivity contribution in [2.24, 2.45) is 0 Å². The summed E-state index contributed by atoms with van der Waals surface area (Å²) in [5, 5.41) is 7.97. The van der Waals surface area contributed by atoms with E-state index >= 15 is 0 Å². The largest absolute Gasteiger partial charge is 0.465 e. The molecule has 0 fully saturated rings. The molecule has 0 spiro atoms. The molecule has 3 aromatic rings. The number of pyridine rings is 1. The van der Waals surface area contributed by atoms with Crippen molar-refractivity contribution >= 4 is 72.7 Å². The van der Waals surface area contributed by atoms with Gasteiger partial charge in [0, 0.05) is 28.2 Å². The zero-order valence-electron chi connectivity index (χ0n) is 16.5. The first-order valence-electron chi connectivity index (χ1n) is 8.95. The van der Waals surface area contributed by atoms with Crippen molar-refractivity contribution in [2.45, 2.75) is 30.4 Å². The third-order valence-corrected chi connectivity index (χ3v) is 5.82. The molecule has 2 N–H and O–H groups in total. The molecular weight excluding hydrogens is 505 g/mol. The van der Waals surface area contributed by atoms with Crippen molar-refractivity contribution in [3.8, 4) is 0 Å². The number of thiophene rings is 1. The number of hydrogen-bond acceptors (Lipinski definition) is 7. The molecule has 9 heteroatoms. The van der Waals surface area contributed by atoms with Gasteiger partial charge in [0.2, 0.25) is 0 Å². The summed E-state index contributed by atoms with van der Waals surface area (Å²) in [7, 11) is 1.36. The van der Waals surface area contributed by atoms with Crippen molar-refractivity contribution in [2.75, 3.05) is 19.0 Å². The van der Waals surface area contributed by atoms with Gasteiger partial charge in [-0.15, -0.1) is 11.3 Å². The summed E-state index contributed by atoms with van der Waals surface area (Å²) < 4.78 is 11.0. The van der Waals surface area contributed by atoms with Gasteiger partial charge in [0.1, 0.15) is 14.5 Å². The molecule has 0 aliphatic carbocycles. The Hall–Kier alpha value is -2.14. The van der Waals surface area contributed by atoms with E-state index in [2.05, 4.69) is 38.2 Å². The third kappa shape index (κ3) is 5.08. The van der Waals surface area contributed by atoms with Crippen molar-refractivity contribution in [1.82, 2.24) is 10.3 Å². The SMILES string of the molecule is COC(=O)c1sc2ccc3ncccc3c2c1NC[C@@H](I)NC(=O)OC(C)(C)C. The third-order valence-electron chi connectivity index (χ3n) is 3.94. The second kappa shape index (κ2) is 8.70. The second-order valence-electron chi connectivity index (χ2n) is 7.30. The first-order valence-corrected chi connectivity index (χ1v) is 11.0. The number of hydrogen-bond donors (Lipinski definition) is 2. The van der Waals surface area contributed by atoms with Crippen LogP contribution < -0.4 is 10.6 Å². The molecule has 0 bridgehead atoms. The molecule has 3 rings (SSSR count). The van der Waals surface area contributed by atoms with Gasteiger partial charge in [-0.1, -0.05) is 28.7 Å². The Morgan fingerprint density at radius 2 is 2.03 bits per heavy atom. The fourth-order valence-corrected chi connectivity index (χ4v) is 4.42. The maximum Gasteiger partial charge on any atom is 0.408 e. The van der Waals surface area contributed by atoms with Crippen LogP contribution in [0.3, 0.4) is 0 Å². The maximum absolute atomic E-state index is 12.4. The summed E-state index contributed by atoms with van der Waals surface area (Å²) in [4.78, 5) is 29.2. The summed E-state index contributed by atoms with van der Waals surface area (Å²) >= 11 is 3.48. The van der Waals surface area contributed by atoms with E-state index in [1.54, 1.807) is 6.20 Å². The number of alkyl halides is 1. The van der Waals surface area contributed by atoms with E-state index in [0.717, 1.165) is 21.0 Å².